The molecule has 0 amide bonds. The van der Waals surface area contributed by atoms with Gasteiger partial charge in [0.15, 0.2) is 7.14 Å². The molecule has 5 nitrogen and oxygen atoms in total. The molecule has 7 aromatic carbocycles. The Balaban J connectivity index is 1.05. The van der Waals surface area contributed by atoms with Crippen LogP contribution in [0.5, 0.6) is 0 Å². The number of hydrogen-bond acceptors (Lipinski definition) is 5. The van der Waals surface area contributed by atoms with Crippen LogP contribution >= 0.6 is 7.14 Å². The van der Waals surface area contributed by atoms with Crippen molar-refractivity contribution in [3.05, 3.63) is 225 Å². The van der Waals surface area contributed by atoms with Gasteiger partial charge in [-0.2, -0.15) is 0 Å². The van der Waals surface area contributed by atoms with Crippen molar-refractivity contribution in [3.8, 4) is 0 Å². The van der Waals surface area contributed by atoms with Gasteiger partial charge >= 0.3 is 0 Å². The van der Waals surface area contributed by atoms with Crippen LogP contribution in [0.3, 0.4) is 0 Å². The first-order chi connectivity index (χ1) is 29.7. The molecule has 0 atom stereocenters. The van der Waals surface area contributed by atoms with Gasteiger partial charge in [-0.15, -0.1) is 0 Å². The molecule has 0 saturated carbocycles. The van der Waals surface area contributed by atoms with Gasteiger partial charge in [-0.25, -0.2) is 0 Å². The molecule has 2 aromatic heterocycles. The van der Waals surface area contributed by atoms with Gasteiger partial charge in [-0.3, -0.25) is 9.97 Å². The molecule has 0 fully saturated rings. The minimum Gasteiger partial charge on any atom is -0.309 e. The van der Waals surface area contributed by atoms with E-state index in [1.54, 1.807) is 0 Å². The molecule has 11 rings (SSSR count). The zero-order valence-corrected chi connectivity index (χ0v) is 33.6. The van der Waals surface area contributed by atoms with Crippen LogP contribution in [-0.4, -0.2) is 23.4 Å². The summed E-state index contributed by atoms with van der Waals surface area (Å²) in [6, 6.07) is 73.2. The molecule has 0 aliphatic carbocycles. The third-order valence-corrected chi connectivity index (χ3v) is 15.2. The molecular weight excluding hydrogens is 749 g/mol. The third-order valence-electron chi connectivity index (χ3n) is 11.9. The fourth-order valence-electron chi connectivity index (χ4n) is 9.39. The average Bonchev–Trinajstić information content (AvgIpc) is 3.32. The zero-order chi connectivity index (χ0) is 40.0. The number of anilines is 6. The van der Waals surface area contributed by atoms with Crippen LogP contribution in [0.1, 0.15) is 0 Å². The van der Waals surface area contributed by atoms with Crippen LogP contribution in [-0.2, 0) is 4.57 Å². The summed E-state index contributed by atoms with van der Waals surface area (Å²) in [5.74, 6) is 0. The maximum atomic E-state index is 16.4. The van der Waals surface area contributed by atoms with E-state index in [0.717, 1.165) is 83.1 Å². The normalized spacial score (nSPS) is 13.1. The number of rotatable bonds is 8. The van der Waals surface area contributed by atoms with E-state index in [0.29, 0.717) is 0 Å². The molecule has 0 radical (unpaired) electrons. The van der Waals surface area contributed by atoms with E-state index in [1.807, 2.05) is 48.8 Å². The fourth-order valence-corrected chi connectivity index (χ4v) is 13.0. The maximum Gasteiger partial charge on any atom is 0.266 e. The van der Waals surface area contributed by atoms with Gasteiger partial charge in [0.05, 0.1) is 23.8 Å². The lowest BCUT2D eigenvalue weighted by atomic mass is 9.34. The Morgan fingerprint density at radius 2 is 0.667 bits per heavy atom. The summed E-state index contributed by atoms with van der Waals surface area (Å²) in [5, 5.41) is 2.68. The van der Waals surface area contributed by atoms with Gasteiger partial charge in [0.1, 0.15) is 0 Å². The molecule has 0 saturated heterocycles. The quantitative estimate of drug-likeness (QED) is 0.127. The second kappa shape index (κ2) is 14.9. The van der Waals surface area contributed by atoms with Crippen LogP contribution in [0, 0.1) is 0 Å². The molecule has 282 valence electrons. The Kier molecular flexibility index (Phi) is 8.91. The number of para-hydroxylation sites is 4. The van der Waals surface area contributed by atoms with Gasteiger partial charge in [0, 0.05) is 49.8 Å². The Labute approximate surface area is 351 Å². The number of nitrogens with zero attached hydrogens (tertiary/aromatic N) is 4. The Morgan fingerprint density at radius 1 is 0.333 bits per heavy atom. The van der Waals surface area contributed by atoms with Crippen molar-refractivity contribution in [2.75, 3.05) is 9.80 Å². The smallest absolute Gasteiger partial charge is 0.266 e. The maximum absolute atomic E-state index is 16.4. The Bertz CT molecular complexity index is 2750. The summed E-state index contributed by atoms with van der Waals surface area (Å²) in [6.07, 6.45) is 3.94. The van der Waals surface area contributed by atoms with Crippen molar-refractivity contribution in [2.45, 2.75) is 0 Å². The second-order valence-corrected chi connectivity index (χ2v) is 17.9. The highest BCUT2D eigenvalue weighted by Gasteiger charge is 2.51. The number of fused-ring (bicyclic) bond motifs is 4. The Hall–Kier alpha value is -7.20. The van der Waals surface area contributed by atoms with Crippen LogP contribution in [0.2, 0.25) is 0 Å². The van der Waals surface area contributed by atoms with Gasteiger partial charge in [-0.1, -0.05) is 161 Å². The van der Waals surface area contributed by atoms with E-state index in [4.69, 9.17) is 9.97 Å². The van der Waals surface area contributed by atoms with Gasteiger partial charge in [0.25, 0.3) is 13.4 Å². The van der Waals surface area contributed by atoms with Crippen molar-refractivity contribution < 1.29 is 4.57 Å². The summed E-state index contributed by atoms with van der Waals surface area (Å²) in [6.45, 7) is -0.443. The van der Waals surface area contributed by atoms with Crippen molar-refractivity contribution in [2.24, 2.45) is 0 Å². The molecule has 2 aliphatic heterocycles. The molecule has 8 heteroatoms. The summed E-state index contributed by atoms with van der Waals surface area (Å²) >= 11 is 0. The van der Waals surface area contributed by atoms with Crippen LogP contribution in [0.15, 0.2) is 225 Å². The van der Waals surface area contributed by atoms with Gasteiger partial charge in [0.2, 0.25) is 0 Å². The van der Waals surface area contributed by atoms with Crippen LogP contribution in [0.4, 0.5) is 34.1 Å². The number of aromatic nitrogens is 2. The lowest BCUT2D eigenvalue weighted by Gasteiger charge is -2.40. The highest BCUT2D eigenvalue weighted by Crippen LogP contribution is 2.44. The topological polar surface area (TPSA) is 49.3 Å². The van der Waals surface area contributed by atoms with Gasteiger partial charge in [-0.05, 0) is 72.8 Å². The first-order valence-corrected chi connectivity index (χ1v) is 22.0. The highest BCUT2D eigenvalue weighted by molar-refractivity contribution is 7.88. The molecule has 0 unspecified atom stereocenters. The lowest BCUT2D eigenvalue weighted by molar-refractivity contribution is 0.592. The summed E-state index contributed by atoms with van der Waals surface area (Å²) < 4.78 is 16.4. The summed E-state index contributed by atoms with van der Waals surface area (Å²) in [7, 11) is -3.31. The average molecular weight is 786 g/mol. The standard InChI is InChI=1S/C52H37B2N4OP/c59-60-48-30-15-13-26-44(48)53(50-34-32-42(36-55-50)57(38-18-5-1-6-19-38)39-20-7-2-8-21-39)46-28-17-29-47(52(46)60)54(45-27-14-16-31-49(45)60)51-35-33-43(37-56-51)58(40-22-9-3-10-23-40)41-24-11-4-12-25-41/h1-37H. The third kappa shape index (κ3) is 5.85. The van der Waals surface area contributed by atoms with E-state index in [-0.39, 0.29) is 13.4 Å². The molecule has 0 N–H and O–H groups in total. The zero-order valence-electron chi connectivity index (χ0n) is 32.7. The molecule has 9 aromatic rings. The molecule has 0 spiro atoms. The molecule has 0 bridgehead atoms. The Morgan fingerprint density at radius 3 is 1.02 bits per heavy atom. The lowest BCUT2D eigenvalue weighted by Crippen LogP contribution is -2.75. The minimum absolute atomic E-state index is 0.222. The SMILES string of the molecule is O=P12c3ccccc3B(c3ccc(N(c4ccccc4)c4ccccc4)cn3)c3cccc(c31)B(c1ccc(N(c3ccccc3)c3ccccc3)cn1)c1ccccc12. The largest absolute Gasteiger partial charge is 0.309 e. The highest BCUT2D eigenvalue weighted by atomic mass is 31.2. The summed E-state index contributed by atoms with van der Waals surface area (Å²) in [4.78, 5) is 14.9. The molecule has 2 aliphatic rings. The van der Waals surface area contributed by atoms with E-state index >= 15 is 4.57 Å². The molecule has 4 heterocycles. The number of pyridine rings is 2. The van der Waals surface area contributed by atoms with Gasteiger partial charge < -0.3 is 14.4 Å². The second-order valence-electron chi connectivity index (χ2n) is 15.3. The van der Waals surface area contributed by atoms with Crippen LogP contribution < -0.4 is 58.8 Å². The monoisotopic (exact) mass is 786 g/mol. The first kappa shape index (κ1) is 35.9. The number of benzene rings is 7. The minimum atomic E-state index is -3.31. The van der Waals surface area contributed by atoms with E-state index in [2.05, 4.69) is 186 Å². The van der Waals surface area contributed by atoms with Crippen molar-refractivity contribution >= 4 is 104 Å². The first-order valence-electron chi connectivity index (χ1n) is 20.3. The van der Waals surface area contributed by atoms with Crippen molar-refractivity contribution in [3.63, 3.8) is 0 Å². The molecular formula is C52H37B2N4OP. The van der Waals surface area contributed by atoms with Crippen LogP contribution in [0.25, 0.3) is 0 Å². The van der Waals surface area contributed by atoms with E-state index in [9.17, 15) is 0 Å². The number of hydrogen-bond donors (Lipinski definition) is 0. The van der Waals surface area contributed by atoms with Crippen molar-refractivity contribution in [1.82, 2.24) is 9.97 Å². The van der Waals surface area contributed by atoms with Crippen molar-refractivity contribution in [1.29, 1.82) is 0 Å². The predicted octanol–water partition coefficient (Wildman–Crippen LogP) is 6.71. The van der Waals surface area contributed by atoms with E-state index in [1.165, 1.54) is 0 Å². The fraction of sp³-hybridized carbons (Fsp3) is 0. The predicted molar refractivity (Wildman–Crippen MR) is 253 cm³/mol. The van der Waals surface area contributed by atoms with E-state index < -0.39 is 7.14 Å². The summed E-state index contributed by atoms with van der Waals surface area (Å²) in [5.41, 5.74) is 12.1. The molecule has 60 heavy (non-hydrogen) atoms.